The number of nitrogens with zero attached hydrogens (tertiary/aromatic N) is 1. The van der Waals surface area contributed by atoms with Crippen molar-refractivity contribution in [1.29, 1.82) is 0 Å². The van der Waals surface area contributed by atoms with Gasteiger partial charge in [0.05, 0.1) is 53.4 Å². The van der Waals surface area contributed by atoms with Gasteiger partial charge in [-0.2, -0.15) is 0 Å². The van der Waals surface area contributed by atoms with Crippen LogP contribution in [0.15, 0.2) is 0 Å². The molecule has 1 aromatic rings. The van der Waals surface area contributed by atoms with Crippen molar-refractivity contribution in [2.45, 2.75) is 18.8 Å². The third-order valence-corrected chi connectivity index (χ3v) is 7.37. The van der Waals surface area contributed by atoms with Crippen molar-refractivity contribution >= 4 is 85.3 Å². The fraction of sp³-hybridized carbons (Fsp3) is 0.500. The van der Waals surface area contributed by atoms with Gasteiger partial charge >= 0.3 is 0 Å². The minimum Gasteiger partial charge on any atom is -0.395 e. The van der Waals surface area contributed by atoms with Gasteiger partial charge in [0.2, 0.25) is 0 Å². The Balaban J connectivity index is 3.63. The second-order valence-corrected chi connectivity index (χ2v) is 8.98. The molecule has 164 valence electrons. The van der Waals surface area contributed by atoms with Gasteiger partial charge in [0.25, 0.3) is 11.8 Å². The molecule has 0 bridgehead atoms. The number of carbonyl (C=O) groups is 2. The number of hydrogen-bond acceptors (Lipinski definition) is 8. The first-order valence-electron chi connectivity index (χ1n) is 8.22. The van der Waals surface area contributed by atoms with E-state index in [1.165, 1.54) is 0 Å². The van der Waals surface area contributed by atoms with Crippen molar-refractivity contribution in [3.8, 4) is 0 Å². The topological polar surface area (TPSA) is 171 Å². The molecule has 0 aliphatic carbocycles. The Kier molecular flexibility index (Phi) is 12.0. The van der Waals surface area contributed by atoms with Crippen molar-refractivity contribution in [1.82, 2.24) is 5.32 Å². The Labute approximate surface area is 207 Å². The average molecular weight is 750 g/mol. The highest BCUT2D eigenvalue weighted by atomic mass is 127. The second-order valence-electron chi connectivity index (χ2n) is 5.74. The van der Waals surface area contributed by atoms with Crippen LogP contribution < -0.4 is 10.2 Å². The molecule has 0 aliphatic heterocycles. The maximum Gasteiger partial charge on any atom is 0.253 e. The molecule has 0 fully saturated rings. The number of anilines is 1. The lowest BCUT2D eigenvalue weighted by Crippen LogP contribution is -2.48. The standard InChI is InChI=1S/C16H21I3N2O8/c17-12-7(3-23)13(18)15(21(1-2-22)10(28)6-26)14(19)11(12)16(29)20-8(4-24)9(27)5-25/h8-9,22-27H,1-6H2,(H,20,29). The molecule has 29 heavy (non-hydrogen) atoms. The number of benzene rings is 1. The van der Waals surface area contributed by atoms with Crippen molar-refractivity contribution < 1.29 is 40.2 Å². The highest BCUT2D eigenvalue weighted by molar-refractivity contribution is 14.1. The van der Waals surface area contributed by atoms with Gasteiger partial charge in [-0.15, -0.1) is 0 Å². The van der Waals surface area contributed by atoms with E-state index < -0.39 is 57.0 Å². The Morgan fingerprint density at radius 3 is 2.03 bits per heavy atom. The van der Waals surface area contributed by atoms with Crippen molar-refractivity contribution in [2.24, 2.45) is 0 Å². The largest absolute Gasteiger partial charge is 0.395 e. The molecule has 1 rings (SSSR count). The molecule has 2 unspecified atom stereocenters. The van der Waals surface area contributed by atoms with Crippen LogP contribution in [0.25, 0.3) is 0 Å². The summed E-state index contributed by atoms with van der Waals surface area (Å²) in [5, 5.41) is 59.1. The Morgan fingerprint density at radius 2 is 1.59 bits per heavy atom. The van der Waals surface area contributed by atoms with Crippen LogP contribution in [0, 0.1) is 10.7 Å². The fourth-order valence-corrected chi connectivity index (χ4v) is 7.03. The summed E-state index contributed by atoms with van der Waals surface area (Å²) in [4.78, 5) is 26.3. The van der Waals surface area contributed by atoms with Crippen LogP contribution in [-0.4, -0.2) is 87.6 Å². The van der Waals surface area contributed by atoms with E-state index in [1.54, 1.807) is 0 Å². The Morgan fingerprint density at radius 1 is 0.966 bits per heavy atom. The van der Waals surface area contributed by atoms with E-state index in [0.29, 0.717) is 16.3 Å². The summed E-state index contributed by atoms with van der Waals surface area (Å²) in [5.74, 6) is -1.40. The summed E-state index contributed by atoms with van der Waals surface area (Å²) in [6.07, 6.45) is -1.39. The first kappa shape index (κ1) is 27.1. The van der Waals surface area contributed by atoms with Crippen LogP contribution in [0.3, 0.4) is 0 Å². The summed E-state index contributed by atoms with van der Waals surface area (Å²) in [6, 6.07) is -1.13. The van der Waals surface area contributed by atoms with E-state index in [1.807, 2.05) is 67.8 Å². The van der Waals surface area contributed by atoms with Crippen molar-refractivity contribution in [3.63, 3.8) is 0 Å². The summed E-state index contributed by atoms with van der Waals surface area (Å²) in [6.45, 7) is -3.08. The molecule has 7 N–H and O–H groups in total. The molecule has 0 radical (unpaired) electrons. The minimum absolute atomic E-state index is 0.0861. The fourth-order valence-electron chi connectivity index (χ4n) is 2.45. The highest BCUT2D eigenvalue weighted by Gasteiger charge is 2.30. The predicted octanol–water partition coefficient (Wildman–Crippen LogP) is -1.25. The molecule has 0 aromatic heterocycles. The number of carbonyl (C=O) groups excluding carboxylic acids is 2. The van der Waals surface area contributed by atoms with E-state index >= 15 is 0 Å². The van der Waals surface area contributed by atoms with Gasteiger partial charge in [-0.25, -0.2) is 0 Å². The van der Waals surface area contributed by atoms with Crippen LogP contribution in [0.4, 0.5) is 5.69 Å². The normalized spacial score (nSPS) is 13.1. The molecule has 0 saturated carbocycles. The average Bonchev–Trinajstić information content (AvgIpc) is 2.70. The van der Waals surface area contributed by atoms with Gasteiger partial charge in [-0.05, 0) is 67.8 Å². The molecule has 1 aromatic carbocycles. The van der Waals surface area contributed by atoms with Crippen LogP contribution in [0.5, 0.6) is 0 Å². The molecule has 10 nitrogen and oxygen atoms in total. The molecule has 0 heterocycles. The van der Waals surface area contributed by atoms with Gasteiger partial charge in [0, 0.05) is 19.2 Å². The van der Waals surface area contributed by atoms with E-state index in [9.17, 15) is 35.1 Å². The maximum atomic E-state index is 12.9. The van der Waals surface area contributed by atoms with Gasteiger partial charge < -0.3 is 40.9 Å². The molecular weight excluding hydrogens is 729 g/mol. The molecule has 0 saturated heterocycles. The quantitative estimate of drug-likeness (QED) is 0.146. The van der Waals surface area contributed by atoms with E-state index in [0.717, 1.165) is 4.90 Å². The highest BCUT2D eigenvalue weighted by Crippen LogP contribution is 2.38. The lowest BCUT2D eigenvalue weighted by molar-refractivity contribution is -0.121. The number of halogens is 3. The zero-order chi connectivity index (χ0) is 22.3. The molecule has 2 atom stereocenters. The lowest BCUT2D eigenvalue weighted by Gasteiger charge is -2.28. The van der Waals surface area contributed by atoms with Gasteiger partial charge in [-0.1, -0.05) is 0 Å². The smallest absolute Gasteiger partial charge is 0.253 e. The third kappa shape index (κ3) is 6.31. The summed E-state index contributed by atoms with van der Waals surface area (Å²) in [5.41, 5.74) is 0.698. The van der Waals surface area contributed by atoms with Gasteiger partial charge in [0.15, 0.2) is 0 Å². The van der Waals surface area contributed by atoms with E-state index in [-0.39, 0.29) is 17.8 Å². The van der Waals surface area contributed by atoms with Gasteiger partial charge in [-0.3, -0.25) is 9.59 Å². The number of aliphatic hydroxyl groups is 6. The zero-order valence-corrected chi connectivity index (χ0v) is 21.5. The molecular formula is C16H21I3N2O8. The summed E-state index contributed by atoms with van der Waals surface area (Å²) < 4.78 is 1.19. The Bertz CT molecular complexity index is 750. The minimum atomic E-state index is -1.39. The molecule has 2 amide bonds. The molecule has 0 aliphatic rings. The third-order valence-electron chi connectivity index (χ3n) is 3.96. The van der Waals surface area contributed by atoms with Gasteiger partial charge in [0.1, 0.15) is 6.61 Å². The SMILES string of the molecule is O=C(NC(CO)C(O)CO)c1c(I)c(CO)c(I)c(N(CCO)C(=O)CO)c1I. The number of rotatable bonds is 10. The number of amides is 2. The Hall–Kier alpha value is 0.110. The van der Waals surface area contributed by atoms with Crippen LogP contribution in [0.2, 0.25) is 0 Å². The van der Waals surface area contributed by atoms with Crippen molar-refractivity contribution in [2.75, 3.05) is 37.9 Å². The number of aliphatic hydroxyl groups excluding tert-OH is 6. The number of hydrogen-bond donors (Lipinski definition) is 7. The lowest BCUT2D eigenvalue weighted by atomic mass is 10.1. The molecule has 0 spiro atoms. The second kappa shape index (κ2) is 12.8. The van der Waals surface area contributed by atoms with E-state index in [2.05, 4.69) is 5.32 Å². The maximum absolute atomic E-state index is 12.9. The van der Waals surface area contributed by atoms with Crippen molar-refractivity contribution in [3.05, 3.63) is 21.8 Å². The van der Waals surface area contributed by atoms with Crippen LogP contribution in [-0.2, 0) is 11.4 Å². The first-order valence-corrected chi connectivity index (χ1v) is 11.5. The predicted molar refractivity (Wildman–Crippen MR) is 128 cm³/mol. The number of nitrogens with one attached hydrogen (secondary N) is 1. The molecule has 13 heteroatoms. The van der Waals surface area contributed by atoms with E-state index in [4.69, 9.17) is 5.11 Å². The zero-order valence-electron chi connectivity index (χ0n) is 15.0. The summed E-state index contributed by atoms with van der Waals surface area (Å²) in [7, 11) is 0. The monoisotopic (exact) mass is 750 g/mol. The van der Waals surface area contributed by atoms with Crippen LogP contribution >= 0.6 is 67.8 Å². The first-order chi connectivity index (χ1) is 13.7. The van der Waals surface area contributed by atoms with Crippen LogP contribution in [0.1, 0.15) is 15.9 Å². The summed E-state index contributed by atoms with van der Waals surface area (Å²) >= 11 is 5.64.